The lowest BCUT2D eigenvalue weighted by molar-refractivity contribution is -0.0165. The molecule has 0 bridgehead atoms. The highest BCUT2D eigenvalue weighted by molar-refractivity contribution is 5.45. The molecular weight excluding hydrogens is 194 g/mol. The number of hydrogen-bond acceptors (Lipinski definition) is 4. The van der Waals surface area contributed by atoms with Crippen molar-refractivity contribution in [3.63, 3.8) is 0 Å². The third-order valence-corrected chi connectivity index (χ3v) is 2.74. The van der Waals surface area contributed by atoms with Gasteiger partial charge in [-0.25, -0.2) is 0 Å². The Kier molecular flexibility index (Phi) is 2.54. The zero-order chi connectivity index (χ0) is 10.9. The molecule has 0 amide bonds. The third kappa shape index (κ3) is 1.66. The Hall–Kier alpha value is -1.26. The summed E-state index contributed by atoms with van der Waals surface area (Å²) in [5.41, 5.74) is 0.0157. The maximum atomic E-state index is 10.2. The molecule has 1 fully saturated rings. The van der Waals surface area contributed by atoms with Crippen molar-refractivity contribution in [2.24, 2.45) is 0 Å². The highest BCUT2D eigenvalue weighted by atomic mass is 16.5. The van der Waals surface area contributed by atoms with Crippen LogP contribution in [-0.4, -0.2) is 32.4 Å². The maximum Gasteiger partial charge on any atom is 0.128 e. The van der Waals surface area contributed by atoms with Crippen LogP contribution in [0.25, 0.3) is 0 Å². The van der Waals surface area contributed by atoms with E-state index in [0.29, 0.717) is 18.8 Å². The first kappa shape index (κ1) is 10.3. The van der Waals surface area contributed by atoms with Crippen molar-refractivity contribution in [2.75, 3.05) is 27.3 Å². The molecule has 2 N–H and O–H groups in total. The van der Waals surface area contributed by atoms with Gasteiger partial charge < -0.3 is 19.9 Å². The Morgan fingerprint density at radius 2 is 2.00 bits per heavy atom. The lowest BCUT2D eigenvalue weighted by Gasteiger charge is -2.38. The van der Waals surface area contributed by atoms with Crippen LogP contribution in [0, 0.1) is 0 Å². The fourth-order valence-electron chi connectivity index (χ4n) is 1.74. The third-order valence-electron chi connectivity index (χ3n) is 2.74. The predicted molar refractivity (Wildman–Crippen MR) is 56.3 cm³/mol. The van der Waals surface area contributed by atoms with Crippen molar-refractivity contribution >= 4 is 0 Å². The fourth-order valence-corrected chi connectivity index (χ4v) is 1.74. The van der Waals surface area contributed by atoms with E-state index < -0.39 is 5.60 Å². The Morgan fingerprint density at radius 3 is 2.47 bits per heavy atom. The number of methoxy groups -OCH3 is 2. The van der Waals surface area contributed by atoms with Crippen LogP contribution in [0.4, 0.5) is 0 Å². The fraction of sp³-hybridized carbons (Fsp3) is 0.455. The predicted octanol–water partition coefficient (Wildman–Crippen LogP) is 0.495. The van der Waals surface area contributed by atoms with Gasteiger partial charge in [0.2, 0.25) is 0 Å². The Balaban J connectivity index is 2.38. The molecule has 1 aliphatic rings. The van der Waals surface area contributed by atoms with Crippen LogP contribution in [0.3, 0.4) is 0 Å². The molecular formula is C11H15NO3. The van der Waals surface area contributed by atoms with Gasteiger partial charge in [-0.05, 0) is 12.1 Å². The minimum Gasteiger partial charge on any atom is -0.497 e. The second-order valence-electron chi connectivity index (χ2n) is 3.70. The van der Waals surface area contributed by atoms with Gasteiger partial charge in [0, 0.05) is 24.7 Å². The van der Waals surface area contributed by atoms with Gasteiger partial charge >= 0.3 is 0 Å². The van der Waals surface area contributed by atoms with Crippen LogP contribution in [-0.2, 0) is 5.60 Å². The van der Waals surface area contributed by atoms with E-state index in [4.69, 9.17) is 9.47 Å². The van der Waals surface area contributed by atoms with Gasteiger partial charge in [-0.3, -0.25) is 0 Å². The number of hydrogen-bond donors (Lipinski definition) is 2. The number of ether oxygens (including phenoxy) is 2. The SMILES string of the molecule is COc1ccc(C2(O)CNC2)c(OC)c1. The highest BCUT2D eigenvalue weighted by Crippen LogP contribution is 2.35. The quantitative estimate of drug-likeness (QED) is 0.761. The molecule has 2 rings (SSSR count). The lowest BCUT2D eigenvalue weighted by Crippen LogP contribution is -2.56. The minimum absolute atomic E-state index is 0.565. The summed E-state index contributed by atoms with van der Waals surface area (Å²) >= 11 is 0. The van der Waals surface area contributed by atoms with Gasteiger partial charge in [0.05, 0.1) is 14.2 Å². The largest absolute Gasteiger partial charge is 0.497 e. The molecule has 15 heavy (non-hydrogen) atoms. The summed E-state index contributed by atoms with van der Waals surface area (Å²) < 4.78 is 10.3. The standard InChI is InChI=1S/C11H15NO3/c1-14-8-3-4-9(10(5-8)15-2)11(13)6-12-7-11/h3-5,12-13H,6-7H2,1-2H3. The average molecular weight is 209 g/mol. The summed E-state index contributed by atoms with van der Waals surface area (Å²) in [7, 11) is 3.20. The van der Waals surface area contributed by atoms with Crippen molar-refractivity contribution in [2.45, 2.75) is 5.60 Å². The van der Waals surface area contributed by atoms with Gasteiger partial charge in [0.1, 0.15) is 17.1 Å². The average Bonchev–Trinajstić information content (AvgIpc) is 2.25. The molecule has 1 aromatic carbocycles. The topological polar surface area (TPSA) is 50.7 Å². The van der Waals surface area contributed by atoms with E-state index in [2.05, 4.69) is 5.32 Å². The molecule has 1 heterocycles. The normalized spacial score (nSPS) is 18.1. The van der Waals surface area contributed by atoms with Gasteiger partial charge in [-0.15, -0.1) is 0 Å². The Bertz CT molecular complexity index is 361. The maximum absolute atomic E-state index is 10.2. The second kappa shape index (κ2) is 3.72. The molecule has 1 aromatic rings. The Morgan fingerprint density at radius 1 is 1.27 bits per heavy atom. The van der Waals surface area contributed by atoms with E-state index in [9.17, 15) is 5.11 Å². The molecule has 0 spiro atoms. The van der Waals surface area contributed by atoms with Crippen molar-refractivity contribution in [1.82, 2.24) is 5.32 Å². The molecule has 0 atom stereocenters. The van der Waals surface area contributed by atoms with E-state index in [-0.39, 0.29) is 0 Å². The summed E-state index contributed by atoms with van der Waals surface area (Å²) in [6.07, 6.45) is 0. The second-order valence-corrected chi connectivity index (χ2v) is 3.70. The van der Waals surface area contributed by atoms with Crippen LogP contribution in [0.5, 0.6) is 11.5 Å². The summed E-state index contributed by atoms with van der Waals surface area (Å²) in [6, 6.07) is 5.46. The number of nitrogens with one attached hydrogen (secondary N) is 1. The Labute approximate surface area is 88.8 Å². The van der Waals surface area contributed by atoms with Crippen molar-refractivity contribution in [3.05, 3.63) is 23.8 Å². The number of benzene rings is 1. The molecule has 0 aromatic heterocycles. The highest BCUT2D eigenvalue weighted by Gasteiger charge is 2.38. The molecule has 4 heteroatoms. The van der Waals surface area contributed by atoms with Crippen LogP contribution in [0.15, 0.2) is 18.2 Å². The van der Waals surface area contributed by atoms with Gasteiger partial charge in [0.15, 0.2) is 0 Å². The number of β-amino-alcohol motifs (C(OH)–C–C–N with tert-alkyl or cyclic N) is 1. The first-order valence-electron chi connectivity index (χ1n) is 4.85. The van der Waals surface area contributed by atoms with Crippen LogP contribution >= 0.6 is 0 Å². The van der Waals surface area contributed by atoms with Gasteiger partial charge in [-0.1, -0.05) is 0 Å². The first-order chi connectivity index (χ1) is 7.19. The van der Waals surface area contributed by atoms with Crippen molar-refractivity contribution < 1.29 is 14.6 Å². The van der Waals surface area contributed by atoms with Crippen LogP contribution < -0.4 is 14.8 Å². The van der Waals surface area contributed by atoms with E-state index in [1.54, 1.807) is 20.3 Å². The molecule has 82 valence electrons. The van der Waals surface area contributed by atoms with Crippen LogP contribution in [0.1, 0.15) is 5.56 Å². The molecule has 1 saturated heterocycles. The molecule has 0 unspecified atom stereocenters. The monoisotopic (exact) mass is 209 g/mol. The zero-order valence-corrected chi connectivity index (χ0v) is 8.91. The number of aliphatic hydroxyl groups is 1. The van der Waals surface area contributed by atoms with E-state index >= 15 is 0 Å². The van der Waals surface area contributed by atoms with E-state index in [1.165, 1.54) is 0 Å². The van der Waals surface area contributed by atoms with Crippen molar-refractivity contribution in [1.29, 1.82) is 0 Å². The molecule has 0 radical (unpaired) electrons. The molecule has 4 nitrogen and oxygen atoms in total. The minimum atomic E-state index is -0.794. The summed E-state index contributed by atoms with van der Waals surface area (Å²) in [5, 5.41) is 13.2. The molecule has 0 saturated carbocycles. The zero-order valence-electron chi connectivity index (χ0n) is 8.91. The number of rotatable bonds is 3. The first-order valence-corrected chi connectivity index (χ1v) is 4.85. The summed E-state index contributed by atoms with van der Waals surface area (Å²) in [4.78, 5) is 0. The van der Waals surface area contributed by atoms with Crippen LogP contribution in [0.2, 0.25) is 0 Å². The smallest absolute Gasteiger partial charge is 0.128 e. The molecule has 0 aliphatic carbocycles. The molecule has 1 aliphatic heterocycles. The summed E-state index contributed by atoms with van der Waals surface area (Å²) in [5.74, 6) is 1.39. The van der Waals surface area contributed by atoms with Crippen molar-refractivity contribution in [3.8, 4) is 11.5 Å². The summed E-state index contributed by atoms with van der Waals surface area (Å²) in [6.45, 7) is 1.13. The van der Waals surface area contributed by atoms with Gasteiger partial charge in [0.25, 0.3) is 0 Å². The van der Waals surface area contributed by atoms with Gasteiger partial charge in [-0.2, -0.15) is 0 Å². The lowest BCUT2D eigenvalue weighted by atomic mass is 9.87. The van der Waals surface area contributed by atoms with E-state index in [1.807, 2.05) is 12.1 Å². The van der Waals surface area contributed by atoms with E-state index in [0.717, 1.165) is 11.3 Å².